The lowest BCUT2D eigenvalue weighted by molar-refractivity contribution is -0.127. The SMILES string of the molecule is COC(O)[C@H](Cc1ccc(-c2c(Cl)cc(F)cc2C2CC2)c2c1CCCO2)NC(=O)C1=C(F)C=CCC1F. The van der Waals surface area contributed by atoms with Gasteiger partial charge in [-0.25, -0.2) is 13.2 Å². The Morgan fingerprint density at radius 2 is 2.08 bits per heavy atom. The fraction of sp³-hybridized carbons (Fsp3) is 0.414. The van der Waals surface area contributed by atoms with Crippen molar-refractivity contribution in [2.45, 2.75) is 62.9 Å². The van der Waals surface area contributed by atoms with E-state index in [2.05, 4.69) is 5.32 Å². The van der Waals surface area contributed by atoms with Crippen molar-refractivity contribution in [1.29, 1.82) is 0 Å². The zero-order valence-electron chi connectivity index (χ0n) is 20.9. The molecule has 2 N–H and O–H groups in total. The number of allylic oxidation sites excluding steroid dienone is 3. The van der Waals surface area contributed by atoms with Gasteiger partial charge in [0.25, 0.3) is 5.91 Å². The Morgan fingerprint density at radius 3 is 2.79 bits per heavy atom. The molecule has 5 nitrogen and oxygen atoms in total. The molecule has 2 aromatic carbocycles. The van der Waals surface area contributed by atoms with Gasteiger partial charge in [0.1, 0.15) is 23.6 Å². The molecule has 1 amide bonds. The molecule has 0 saturated heterocycles. The summed E-state index contributed by atoms with van der Waals surface area (Å²) in [6.45, 7) is 0.501. The van der Waals surface area contributed by atoms with Crippen LogP contribution in [-0.4, -0.2) is 43.2 Å². The lowest BCUT2D eigenvalue weighted by atomic mass is 9.88. The number of carbonyl (C=O) groups is 1. The fourth-order valence-electron chi connectivity index (χ4n) is 5.28. The maximum atomic E-state index is 14.3. The molecule has 3 atom stereocenters. The molecule has 1 heterocycles. The Hall–Kier alpha value is -2.81. The third kappa shape index (κ3) is 5.35. The van der Waals surface area contributed by atoms with Crippen LogP contribution >= 0.6 is 11.6 Å². The number of hydrogen-bond donors (Lipinski definition) is 2. The Morgan fingerprint density at radius 1 is 1.29 bits per heavy atom. The molecule has 0 aromatic heterocycles. The Bertz CT molecular complexity index is 1310. The molecular weight excluding hydrogens is 519 g/mol. The molecule has 0 radical (unpaired) electrons. The van der Waals surface area contributed by atoms with Crippen LogP contribution in [-0.2, 0) is 22.4 Å². The maximum Gasteiger partial charge on any atom is 0.253 e. The molecule has 0 bridgehead atoms. The van der Waals surface area contributed by atoms with Crippen LogP contribution in [0.3, 0.4) is 0 Å². The summed E-state index contributed by atoms with van der Waals surface area (Å²) in [6, 6.07) is 5.57. The first kappa shape index (κ1) is 26.8. The summed E-state index contributed by atoms with van der Waals surface area (Å²) in [6.07, 6.45) is 2.59. The van der Waals surface area contributed by atoms with Gasteiger partial charge in [-0.3, -0.25) is 4.79 Å². The van der Waals surface area contributed by atoms with Gasteiger partial charge < -0.3 is 19.9 Å². The molecule has 0 spiro atoms. The lowest BCUT2D eigenvalue weighted by Crippen LogP contribution is -2.47. The fourth-order valence-corrected chi connectivity index (χ4v) is 5.60. The van der Waals surface area contributed by atoms with Gasteiger partial charge in [0, 0.05) is 24.7 Å². The first-order valence-electron chi connectivity index (χ1n) is 12.8. The highest BCUT2D eigenvalue weighted by atomic mass is 35.5. The number of rotatable bonds is 8. The molecule has 2 unspecified atom stereocenters. The van der Waals surface area contributed by atoms with Gasteiger partial charge in [0.05, 0.1) is 23.2 Å². The number of benzene rings is 2. The third-order valence-electron chi connectivity index (χ3n) is 7.31. The van der Waals surface area contributed by atoms with Gasteiger partial charge in [-0.15, -0.1) is 0 Å². The van der Waals surface area contributed by atoms with Crippen LogP contribution in [0.1, 0.15) is 48.3 Å². The molecule has 9 heteroatoms. The number of aliphatic hydroxyl groups is 1. The first-order chi connectivity index (χ1) is 18.3. The first-order valence-corrected chi connectivity index (χ1v) is 13.1. The molecule has 202 valence electrons. The summed E-state index contributed by atoms with van der Waals surface area (Å²) < 4.78 is 54.0. The molecular formula is C29H29ClF3NO4. The number of halogens is 4. The highest BCUT2D eigenvalue weighted by Crippen LogP contribution is 2.50. The van der Waals surface area contributed by atoms with E-state index in [-0.39, 0.29) is 24.6 Å². The third-order valence-corrected chi connectivity index (χ3v) is 7.61. The van der Waals surface area contributed by atoms with Crippen molar-refractivity contribution < 1.29 is 32.5 Å². The predicted molar refractivity (Wildman–Crippen MR) is 138 cm³/mol. The molecule has 3 aliphatic rings. The predicted octanol–water partition coefficient (Wildman–Crippen LogP) is 5.86. The second kappa shape index (κ2) is 11.1. The summed E-state index contributed by atoms with van der Waals surface area (Å²) in [5.74, 6) is -1.37. The highest BCUT2D eigenvalue weighted by molar-refractivity contribution is 6.33. The van der Waals surface area contributed by atoms with Crippen molar-refractivity contribution in [3.8, 4) is 16.9 Å². The number of ether oxygens (including phenoxy) is 2. The van der Waals surface area contributed by atoms with Gasteiger partial charge in [-0.05, 0) is 72.9 Å². The molecule has 1 fully saturated rings. The number of methoxy groups -OCH3 is 1. The van der Waals surface area contributed by atoms with E-state index in [1.807, 2.05) is 12.1 Å². The Labute approximate surface area is 224 Å². The van der Waals surface area contributed by atoms with Crippen molar-refractivity contribution in [2.24, 2.45) is 0 Å². The normalized spacial score (nSPS) is 20.5. The van der Waals surface area contributed by atoms with E-state index in [4.69, 9.17) is 21.1 Å². The van der Waals surface area contributed by atoms with E-state index in [1.165, 1.54) is 25.3 Å². The van der Waals surface area contributed by atoms with Gasteiger partial charge >= 0.3 is 0 Å². The number of aliphatic hydroxyl groups excluding tert-OH is 1. The standard InChI is InChI=1S/C29H29ClF3NO4/c1-37-29(36)24(34-28(35)26-22(32)5-2-6-23(26)33)12-16-9-10-19(27-18(16)4-3-11-38-27)25-20(15-7-8-15)13-17(31)14-21(25)30/h2,5,9-10,13-15,23-24,29,36H,3-4,6-8,11-12H2,1H3,(H,34,35)/t23?,24-,29?/m0/s1. The van der Waals surface area contributed by atoms with Crippen molar-refractivity contribution in [2.75, 3.05) is 13.7 Å². The lowest BCUT2D eigenvalue weighted by Gasteiger charge is -2.28. The Balaban J connectivity index is 1.50. The number of nitrogens with one attached hydrogen (secondary N) is 1. The monoisotopic (exact) mass is 547 g/mol. The van der Waals surface area contributed by atoms with Crippen LogP contribution < -0.4 is 10.1 Å². The van der Waals surface area contributed by atoms with Crippen molar-refractivity contribution >= 4 is 17.5 Å². The minimum Gasteiger partial charge on any atom is -0.493 e. The van der Waals surface area contributed by atoms with E-state index in [0.29, 0.717) is 23.8 Å². The van der Waals surface area contributed by atoms with Gasteiger partial charge in [-0.2, -0.15) is 0 Å². The van der Waals surface area contributed by atoms with Gasteiger partial charge in [0.2, 0.25) is 0 Å². The molecule has 1 saturated carbocycles. The van der Waals surface area contributed by atoms with E-state index in [1.54, 1.807) is 0 Å². The molecule has 1 aliphatic heterocycles. The molecule has 2 aliphatic carbocycles. The van der Waals surface area contributed by atoms with Gasteiger partial charge in [-0.1, -0.05) is 29.8 Å². The van der Waals surface area contributed by atoms with Crippen LogP contribution in [0.5, 0.6) is 5.75 Å². The second-order valence-corrected chi connectivity index (χ2v) is 10.3. The number of amides is 1. The van der Waals surface area contributed by atoms with Crippen LogP contribution in [0.2, 0.25) is 5.02 Å². The quantitative estimate of drug-likeness (QED) is 0.406. The smallest absolute Gasteiger partial charge is 0.253 e. The van der Waals surface area contributed by atoms with E-state index in [9.17, 15) is 23.1 Å². The topological polar surface area (TPSA) is 67.8 Å². The number of fused-ring (bicyclic) bond motifs is 1. The Kier molecular flexibility index (Phi) is 7.84. The number of alkyl halides is 1. The van der Waals surface area contributed by atoms with Crippen LogP contribution in [0.25, 0.3) is 11.1 Å². The molecule has 5 rings (SSSR count). The number of carbonyl (C=O) groups excluding carboxylic acids is 1. The van der Waals surface area contributed by atoms with Crippen LogP contribution in [0.15, 0.2) is 47.8 Å². The molecule has 2 aromatic rings. The van der Waals surface area contributed by atoms with Crippen LogP contribution in [0, 0.1) is 5.82 Å². The van der Waals surface area contributed by atoms with E-state index >= 15 is 0 Å². The summed E-state index contributed by atoms with van der Waals surface area (Å²) in [5.41, 5.74) is 3.45. The maximum absolute atomic E-state index is 14.3. The van der Waals surface area contributed by atoms with Crippen molar-refractivity contribution in [1.82, 2.24) is 5.32 Å². The average molecular weight is 548 g/mol. The summed E-state index contributed by atoms with van der Waals surface area (Å²) in [4.78, 5) is 12.8. The van der Waals surface area contributed by atoms with E-state index < -0.39 is 35.8 Å². The minimum atomic E-state index is -1.78. The zero-order chi connectivity index (χ0) is 27.0. The summed E-state index contributed by atoms with van der Waals surface area (Å²) in [7, 11) is 1.28. The van der Waals surface area contributed by atoms with Crippen LogP contribution in [0.4, 0.5) is 13.2 Å². The van der Waals surface area contributed by atoms with Crippen molar-refractivity contribution in [3.63, 3.8) is 0 Å². The second-order valence-electron chi connectivity index (χ2n) is 9.94. The minimum absolute atomic E-state index is 0.102. The van der Waals surface area contributed by atoms with E-state index in [0.717, 1.165) is 53.2 Å². The summed E-state index contributed by atoms with van der Waals surface area (Å²) in [5, 5.41) is 13.4. The largest absolute Gasteiger partial charge is 0.493 e. The summed E-state index contributed by atoms with van der Waals surface area (Å²) >= 11 is 6.56. The van der Waals surface area contributed by atoms with Gasteiger partial charge in [0.15, 0.2) is 6.29 Å². The highest BCUT2D eigenvalue weighted by Gasteiger charge is 2.33. The zero-order valence-corrected chi connectivity index (χ0v) is 21.7. The average Bonchev–Trinajstić information content (AvgIpc) is 3.73. The van der Waals surface area contributed by atoms with Crippen molar-refractivity contribution in [3.05, 3.63) is 75.3 Å². The molecule has 38 heavy (non-hydrogen) atoms. The number of hydrogen-bond acceptors (Lipinski definition) is 4.